The Bertz CT molecular complexity index is 2440. The van der Waals surface area contributed by atoms with Crippen molar-refractivity contribution in [2.45, 2.75) is 25.7 Å². The minimum Gasteiger partial charge on any atom is -1.00 e. The summed E-state index contributed by atoms with van der Waals surface area (Å²) in [5, 5.41) is 0. The molecular formula is C60H48Cl4O16Ti. The average molecular weight is 1210 g/mol. The number of hydrogen-bond donors (Lipinski definition) is 0. The minimum atomic E-state index is -0.646. The van der Waals surface area contributed by atoms with Crippen LogP contribution in [-0.2, 0) is 60.1 Å². The molecule has 16 nitrogen and oxygen atoms in total. The maximum absolute atomic E-state index is 11.5. The van der Waals surface area contributed by atoms with Crippen LogP contribution in [0.3, 0.4) is 0 Å². The van der Waals surface area contributed by atoms with Gasteiger partial charge in [-0.2, -0.15) is 0 Å². The smallest absolute Gasteiger partial charge is 1.00 e. The van der Waals surface area contributed by atoms with Crippen molar-refractivity contribution in [2.75, 3.05) is 0 Å². The van der Waals surface area contributed by atoms with E-state index in [1.54, 1.807) is 243 Å². The molecule has 0 aliphatic heterocycles. The first kappa shape index (κ1) is 72.4. The molecule has 0 saturated heterocycles. The maximum atomic E-state index is 11.5. The van der Waals surface area contributed by atoms with Crippen molar-refractivity contribution in [1.82, 2.24) is 0 Å². The number of halogens is 4. The van der Waals surface area contributed by atoms with Crippen LogP contribution >= 0.6 is 0 Å². The van der Waals surface area contributed by atoms with E-state index in [9.17, 15) is 38.4 Å². The Morgan fingerprint density at radius 1 is 0.185 bits per heavy atom. The van der Waals surface area contributed by atoms with Gasteiger partial charge in [0.05, 0.1) is 0 Å². The molecule has 0 aromatic heterocycles. The summed E-state index contributed by atoms with van der Waals surface area (Å²) in [7, 11) is 0. The number of carbonyl (C=O) groups is 8. The molecule has 0 unspecified atom stereocenters. The number of esters is 8. The second kappa shape index (κ2) is 42.4. The number of para-hydroxylation sites is 8. The van der Waals surface area contributed by atoms with E-state index in [2.05, 4.69) is 0 Å². The fraction of sp³-hybridized carbons (Fsp3) is 0.0667. The first-order valence-electron chi connectivity index (χ1n) is 23.0. The van der Waals surface area contributed by atoms with Crippen LogP contribution in [-0.4, -0.2) is 47.8 Å². The normalized spacial score (nSPS) is 9.09. The number of rotatable bonds is 16. The zero-order valence-corrected chi connectivity index (χ0v) is 47.1. The van der Waals surface area contributed by atoms with Crippen LogP contribution in [0.25, 0.3) is 0 Å². The number of ether oxygens (including phenoxy) is 8. The summed E-state index contributed by atoms with van der Waals surface area (Å²) in [6.45, 7) is 0. The SMILES string of the molecule is O=C(CC(=O)Oc1ccccc1)Oc1ccccc1.O=C(CC(=O)Oc1ccccc1)Oc1ccccc1.O=C(CC(=O)Oc1ccccc1)Oc1ccccc1.O=C(CC(=O)Oc1ccccc1)Oc1ccccc1.[Cl-].[Cl-].[Cl-].[Cl-].[Ti+4]. The molecule has 0 atom stereocenters. The van der Waals surface area contributed by atoms with Gasteiger partial charge in [-0.15, -0.1) is 0 Å². The van der Waals surface area contributed by atoms with Crippen molar-refractivity contribution in [3.63, 3.8) is 0 Å². The molecule has 0 N–H and O–H groups in total. The molecule has 0 saturated carbocycles. The van der Waals surface area contributed by atoms with Crippen molar-refractivity contribution >= 4 is 47.8 Å². The molecule has 8 aromatic rings. The Morgan fingerprint density at radius 3 is 0.358 bits per heavy atom. The summed E-state index contributed by atoms with van der Waals surface area (Å²) in [6.07, 6.45) is -1.71. The molecule has 81 heavy (non-hydrogen) atoms. The third-order valence-corrected chi connectivity index (χ3v) is 8.95. The number of hydrogen-bond acceptors (Lipinski definition) is 16. The second-order valence-corrected chi connectivity index (χ2v) is 15.0. The molecule has 0 heterocycles. The number of carbonyl (C=O) groups excluding carboxylic acids is 8. The van der Waals surface area contributed by atoms with Gasteiger partial charge in [-0.1, -0.05) is 146 Å². The van der Waals surface area contributed by atoms with Crippen molar-refractivity contribution in [2.24, 2.45) is 0 Å². The fourth-order valence-electron chi connectivity index (χ4n) is 5.72. The average Bonchev–Trinajstić information content (AvgIpc) is 3.41. The molecule has 0 bridgehead atoms. The molecule has 8 aromatic carbocycles. The predicted molar refractivity (Wildman–Crippen MR) is 275 cm³/mol. The van der Waals surface area contributed by atoms with Crippen LogP contribution in [0.1, 0.15) is 25.7 Å². The van der Waals surface area contributed by atoms with Crippen molar-refractivity contribution in [3.05, 3.63) is 243 Å². The predicted octanol–water partition coefficient (Wildman–Crippen LogP) is -1.64. The molecule has 0 spiro atoms. The standard InChI is InChI=1S/4C15H12O4.4ClH.Ti/c4*16-14(18-12-7-3-1-4-8-12)11-15(17)19-13-9-5-2-6-10-13;;;;;/h4*1-10H,11H2;4*1H;/q;;;;;;;;+4/p-4. The van der Waals surface area contributed by atoms with Crippen LogP contribution in [0.15, 0.2) is 243 Å². The van der Waals surface area contributed by atoms with Crippen molar-refractivity contribution < 1.29 is 148 Å². The number of benzene rings is 8. The molecule has 0 aliphatic rings. The van der Waals surface area contributed by atoms with Gasteiger partial charge in [0, 0.05) is 0 Å². The third kappa shape index (κ3) is 32.2. The zero-order chi connectivity index (χ0) is 54.0. The summed E-state index contributed by atoms with van der Waals surface area (Å²) in [5.74, 6) is -1.95. The molecule has 0 amide bonds. The second-order valence-electron chi connectivity index (χ2n) is 15.0. The van der Waals surface area contributed by atoms with Crippen LogP contribution in [0.4, 0.5) is 0 Å². The first-order chi connectivity index (χ1) is 36.9. The van der Waals surface area contributed by atoms with Gasteiger partial charge in [-0.05, 0) is 97.1 Å². The Kier molecular flexibility index (Phi) is 37.9. The maximum Gasteiger partial charge on any atom is 4.00 e. The molecule has 416 valence electrons. The monoisotopic (exact) mass is 1210 g/mol. The van der Waals surface area contributed by atoms with E-state index in [0.717, 1.165) is 0 Å². The molecule has 21 heteroatoms. The van der Waals surface area contributed by atoms with Gasteiger partial charge in [0.2, 0.25) is 0 Å². The van der Waals surface area contributed by atoms with Gasteiger partial charge in [0.25, 0.3) is 0 Å². The molecule has 0 aliphatic carbocycles. The van der Waals surface area contributed by atoms with Gasteiger partial charge in [-0.3, -0.25) is 38.4 Å². The Balaban J connectivity index is 0.00000103. The van der Waals surface area contributed by atoms with E-state index in [4.69, 9.17) is 37.9 Å². The van der Waals surface area contributed by atoms with Crippen LogP contribution in [0, 0.1) is 0 Å². The van der Waals surface area contributed by atoms with Crippen molar-refractivity contribution in [1.29, 1.82) is 0 Å². The van der Waals surface area contributed by atoms with Gasteiger partial charge < -0.3 is 87.5 Å². The summed E-state index contributed by atoms with van der Waals surface area (Å²) in [6, 6.07) is 68.5. The Hall–Kier alpha value is -8.61. The van der Waals surface area contributed by atoms with E-state index in [1.807, 2.05) is 0 Å². The summed E-state index contributed by atoms with van der Waals surface area (Å²) in [4.78, 5) is 91.9. The molecule has 0 radical (unpaired) electrons. The van der Waals surface area contributed by atoms with Gasteiger partial charge in [0.15, 0.2) is 0 Å². The zero-order valence-electron chi connectivity index (χ0n) is 42.5. The summed E-state index contributed by atoms with van der Waals surface area (Å²) >= 11 is 0. The van der Waals surface area contributed by atoms with E-state index in [-0.39, 0.29) is 71.3 Å². The summed E-state index contributed by atoms with van der Waals surface area (Å²) in [5.41, 5.74) is 0. The van der Waals surface area contributed by atoms with Crippen molar-refractivity contribution in [3.8, 4) is 46.0 Å². The molecule has 0 fully saturated rings. The molecular weight excluding hydrogens is 1170 g/mol. The van der Waals surface area contributed by atoms with Gasteiger partial charge in [-0.25, -0.2) is 0 Å². The van der Waals surface area contributed by atoms with E-state index < -0.39 is 73.4 Å². The third-order valence-electron chi connectivity index (χ3n) is 8.95. The van der Waals surface area contributed by atoms with E-state index >= 15 is 0 Å². The quantitative estimate of drug-likeness (QED) is 0.0460. The van der Waals surface area contributed by atoms with Gasteiger partial charge >= 0.3 is 69.5 Å². The van der Waals surface area contributed by atoms with Crippen LogP contribution in [0.2, 0.25) is 0 Å². The fourth-order valence-corrected chi connectivity index (χ4v) is 5.72. The topological polar surface area (TPSA) is 210 Å². The largest absolute Gasteiger partial charge is 4.00 e. The Morgan fingerprint density at radius 2 is 0.272 bits per heavy atom. The van der Waals surface area contributed by atoms with E-state index in [0.29, 0.717) is 46.0 Å². The Labute approximate surface area is 506 Å². The first-order valence-corrected chi connectivity index (χ1v) is 23.0. The molecule has 8 rings (SSSR count). The van der Waals surface area contributed by atoms with Crippen LogP contribution < -0.4 is 87.5 Å². The minimum absolute atomic E-state index is 0. The van der Waals surface area contributed by atoms with E-state index in [1.165, 1.54) is 0 Å². The van der Waals surface area contributed by atoms with Gasteiger partial charge in [0.1, 0.15) is 71.7 Å². The summed E-state index contributed by atoms with van der Waals surface area (Å²) < 4.78 is 39.9. The van der Waals surface area contributed by atoms with Crippen LogP contribution in [0.5, 0.6) is 46.0 Å².